The lowest BCUT2D eigenvalue weighted by Crippen LogP contribution is -2.27. The molecule has 0 N–H and O–H groups in total. The quantitative estimate of drug-likeness (QED) is 0.697. The summed E-state index contributed by atoms with van der Waals surface area (Å²) in [7, 11) is 1.64. The number of nitriles is 1. The molecule has 0 bridgehead atoms. The number of hydrogen-bond acceptors (Lipinski definition) is 2. The summed E-state index contributed by atoms with van der Waals surface area (Å²) in [6.07, 6.45) is 0.782. The highest BCUT2D eigenvalue weighted by molar-refractivity contribution is 5.90. The number of rotatable bonds is 3. The highest BCUT2D eigenvalue weighted by Crippen LogP contribution is 2.04. The molecule has 3 nitrogen and oxygen atoms in total. The predicted octanol–water partition coefficient (Wildman–Crippen LogP) is 1.52. The van der Waals surface area contributed by atoms with Crippen molar-refractivity contribution < 1.29 is 4.79 Å². The van der Waals surface area contributed by atoms with Gasteiger partial charge in [0.25, 0.3) is 0 Å². The van der Waals surface area contributed by atoms with E-state index in [0.29, 0.717) is 6.54 Å². The minimum absolute atomic E-state index is 0.484. The van der Waals surface area contributed by atoms with Gasteiger partial charge in [-0.1, -0.05) is 29.8 Å². The van der Waals surface area contributed by atoms with Crippen LogP contribution in [0.2, 0.25) is 0 Å². The molecule has 0 fully saturated rings. The first-order chi connectivity index (χ1) is 7.13. The number of amides is 1. The van der Waals surface area contributed by atoms with Gasteiger partial charge in [0.1, 0.15) is 0 Å². The number of nitrogens with zero attached hydrogens (tertiary/aromatic N) is 2. The molecule has 1 rings (SSSR count). The molecule has 3 heteroatoms. The Hall–Kier alpha value is -1.82. The van der Waals surface area contributed by atoms with Crippen LogP contribution in [-0.2, 0) is 11.2 Å². The minimum Gasteiger partial charge on any atom is -0.333 e. The summed E-state index contributed by atoms with van der Waals surface area (Å²) in [5, 5.41) is 8.40. The second kappa shape index (κ2) is 5.16. The van der Waals surface area contributed by atoms with Crippen LogP contribution < -0.4 is 0 Å². The monoisotopic (exact) mass is 202 g/mol. The number of likely N-dealkylation sites (N-methyl/N-ethyl adjacent to an activating group) is 1. The second-order valence-corrected chi connectivity index (χ2v) is 3.57. The molecule has 0 spiro atoms. The number of aryl methyl sites for hydroxylation is 1. The van der Waals surface area contributed by atoms with Gasteiger partial charge in [0, 0.05) is 13.6 Å². The van der Waals surface area contributed by atoms with Crippen LogP contribution in [0.1, 0.15) is 11.1 Å². The molecule has 78 valence electrons. The van der Waals surface area contributed by atoms with Gasteiger partial charge in [-0.15, -0.1) is 0 Å². The molecular formula is C12H14N2O. The third-order valence-corrected chi connectivity index (χ3v) is 2.30. The van der Waals surface area contributed by atoms with Crippen LogP contribution in [0.4, 0.5) is 0 Å². The lowest BCUT2D eigenvalue weighted by molar-refractivity contribution is -0.124. The molecule has 0 unspecified atom stereocenters. The highest BCUT2D eigenvalue weighted by Gasteiger charge is 2.05. The SMILES string of the molecule is Cc1ccc(CCN(C)C(=O)C#N)cc1. The largest absolute Gasteiger partial charge is 0.333 e. The molecule has 15 heavy (non-hydrogen) atoms. The Labute approximate surface area is 89.9 Å². The molecule has 0 radical (unpaired) electrons. The van der Waals surface area contributed by atoms with Crippen molar-refractivity contribution in [3.63, 3.8) is 0 Å². The van der Waals surface area contributed by atoms with Gasteiger partial charge in [-0.3, -0.25) is 4.79 Å². The number of carbonyl (C=O) groups excluding carboxylic acids is 1. The Balaban J connectivity index is 2.48. The summed E-state index contributed by atoms with van der Waals surface area (Å²) < 4.78 is 0. The fourth-order valence-electron chi connectivity index (χ4n) is 1.24. The molecule has 0 atom stereocenters. The highest BCUT2D eigenvalue weighted by atomic mass is 16.2. The van der Waals surface area contributed by atoms with E-state index in [9.17, 15) is 4.79 Å². The van der Waals surface area contributed by atoms with Crippen LogP contribution in [-0.4, -0.2) is 24.4 Å². The zero-order valence-corrected chi connectivity index (χ0v) is 9.03. The van der Waals surface area contributed by atoms with Crippen molar-refractivity contribution in [2.24, 2.45) is 0 Å². The van der Waals surface area contributed by atoms with Crippen molar-refractivity contribution in [2.45, 2.75) is 13.3 Å². The van der Waals surface area contributed by atoms with Crippen LogP contribution in [0.5, 0.6) is 0 Å². The third kappa shape index (κ3) is 3.43. The summed E-state index contributed by atoms with van der Waals surface area (Å²) in [6, 6.07) is 9.77. The molecule has 0 heterocycles. The maximum atomic E-state index is 11.0. The fraction of sp³-hybridized carbons (Fsp3) is 0.333. The molecule has 1 aromatic rings. The Kier molecular flexibility index (Phi) is 3.87. The van der Waals surface area contributed by atoms with E-state index in [1.165, 1.54) is 16.0 Å². The lowest BCUT2D eigenvalue weighted by Gasteiger charge is -2.12. The Bertz CT molecular complexity index is 376. The van der Waals surface area contributed by atoms with Crippen molar-refractivity contribution in [2.75, 3.05) is 13.6 Å². The molecule has 0 aromatic heterocycles. The van der Waals surface area contributed by atoms with Gasteiger partial charge in [-0.25, -0.2) is 0 Å². The van der Waals surface area contributed by atoms with E-state index in [1.807, 2.05) is 31.2 Å². The number of hydrogen-bond donors (Lipinski definition) is 0. The van der Waals surface area contributed by atoms with E-state index in [4.69, 9.17) is 5.26 Å². The fourth-order valence-corrected chi connectivity index (χ4v) is 1.24. The first-order valence-electron chi connectivity index (χ1n) is 4.84. The Morgan fingerprint density at radius 2 is 2.00 bits per heavy atom. The molecule has 0 saturated heterocycles. The average molecular weight is 202 g/mol. The standard InChI is InChI=1S/C12H14N2O/c1-10-3-5-11(6-4-10)7-8-14(2)12(15)9-13/h3-6H,7-8H2,1-2H3. The molecule has 0 saturated carbocycles. The zero-order valence-electron chi connectivity index (χ0n) is 9.03. The summed E-state index contributed by atoms with van der Waals surface area (Å²) in [5.74, 6) is -0.484. The Morgan fingerprint density at radius 1 is 1.40 bits per heavy atom. The van der Waals surface area contributed by atoms with Gasteiger partial charge in [0.2, 0.25) is 0 Å². The summed E-state index contributed by atoms with van der Waals surface area (Å²) in [6.45, 7) is 2.62. The Morgan fingerprint density at radius 3 is 2.53 bits per heavy atom. The first kappa shape index (κ1) is 11.3. The van der Waals surface area contributed by atoms with Gasteiger partial charge in [0.15, 0.2) is 6.07 Å². The minimum atomic E-state index is -0.484. The lowest BCUT2D eigenvalue weighted by atomic mass is 10.1. The van der Waals surface area contributed by atoms with Crippen molar-refractivity contribution in [1.29, 1.82) is 5.26 Å². The topological polar surface area (TPSA) is 44.1 Å². The van der Waals surface area contributed by atoms with Gasteiger partial charge in [0.05, 0.1) is 0 Å². The maximum absolute atomic E-state index is 11.0. The van der Waals surface area contributed by atoms with E-state index in [0.717, 1.165) is 6.42 Å². The van der Waals surface area contributed by atoms with Crippen molar-refractivity contribution in [3.05, 3.63) is 35.4 Å². The third-order valence-electron chi connectivity index (χ3n) is 2.30. The van der Waals surface area contributed by atoms with Crippen molar-refractivity contribution in [1.82, 2.24) is 4.90 Å². The number of benzene rings is 1. The van der Waals surface area contributed by atoms with E-state index in [2.05, 4.69) is 0 Å². The van der Waals surface area contributed by atoms with Crippen molar-refractivity contribution >= 4 is 5.91 Å². The smallest absolute Gasteiger partial charge is 0.324 e. The summed E-state index contributed by atoms with van der Waals surface area (Å²) in [4.78, 5) is 12.4. The normalized spacial score (nSPS) is 9.40. The average Bonchev–Trinajstić information content (AvgIpc) is 2.26. The molecular weight excluding hydrogens is 188 g/mol. The van der Waals surface area contributed by atoms with Crippen LogP contribution in [0, 0.1) is 18.3 Å². The van der Waals surface area contributed by atoms with Gasteiger partial charge in [-0.05, 0) is 18.9 Å². The van der Waals surface area contributed by atoms with E-state index in [1.54, 1.807) is 13.1 Å². The molecule has 0 aliphatic heterocycles. The van der Waals surface area contributed by atoms with E-state index in [-0.39, 0.29) is 0 Å². The van der Waals surface area contributed by atoms with Crippen LogP contribution in [0.25, 0.3) is 0 Å². The molecule has 1 aromatic carbocycles. The van der Waals surface area contributed by atoms with Crippen LogP contribution in [0.15, 0.2) is 24.3 Å². The van der Waals surface area contributed by atoms with Crippen LogP contribution >= 0.6 is 0 Å². The second-order valence-electron chi connectivity index (χ2n) is 3.57. The van der Waals surface area contributed by atoms with E-state index >= 15 is 0 Å². The predicted molar refractivity (Wildman–Crippen MR) is 58.1 cm³/mol. The van der Waals surface area contributed by atoms with Crippen molar-refractivity contribution in [3.8, 4) is 6.07 Å². The summed E-state index contributed by atoms with van der Waals surface area (Å²) >= 11 is 0. The van der Waals surface area contributed by atoms with Gasteiger partial charge in [-0.2, -0.15) is 5.26 Å². The number of carbonyl (C=O) groups is 1. The first-order valence-corrected chi connectivity index (χ1v) is 4.84. The molecule has 1 amide bonds. The molecule has 0 aliphatic carbocycles. The zero-order chi connectivity index (χ0) is 11.3. The molecule has 0 aliphatic rings. The van der Waals surface area contributed by atoms with Gasteiger partial charge < -0.3 is 4.90 Å². The maximum Gasteiger partial charge on any atom is 0.324 e. The van der Waals surface area contributed by atoms with E-state index < -0.39 is 5.91 Å². The van der Waals surface area contributed by atoms with Gasteiger partial charge >= 0.3 is 5.91 Å². The van der Waals surface area contributed by atoms with Crippen LogP contribution in [0.3, 0.4) is 0 Å². The summed E-state index contributed by atoms with van der Waals surface area (Å²) in [5.41, 5.74) is 2.40.